The summed E-state index contributed by atoms with van der Waals surface area (Å²) in [7, 11) is 0. The van der Waals surface area contributed by atoms with Crippen molar-refractivity contribution < 1.29 is 29.1 Å². The lowest BCUT2D eigenvalue weighted by atomic mass is 10.4. The number of carbonyl (C=O) groups is 5. The largest absolute Gasteiger partial charge is 0.483 e. The molecule has 0 spiro atoms. The number of amides is 4. The lowest BCUT2D eigenvalue weighted by Gasteiger charge is -2.18. The molecule has 0 atom stereocenters. The van der Waals surface area contributed by atoms with Gasteiger partial charge in [-0.15, -0.1) is 0 Å². The Kier molecular flexibility index (Phi) is 4.92. The van der Waals surface area contributed by atoms with Crippen molar-refractivity contribution in [2.45, 2.75) is 12.8 Å². The number of rotatable bonds is 3. The zero-order valence-corrected chi connectivity index (χ0v) is 9.94. The third kappa shape index (κ3) is 3.47. The highest BCUT2D eigenvalue weighted by molar-refractivity contribution is 6.13. The van der Waals surface area contributed by atoms with E-state index in [1.165, 1.54) is 12.2 Å². The first-order valence-corrected chi connectivity index (χ1v) is 5.46. The first-order chi connectivity index (χ1) is 9.01. The Morgan fingerprint density at radius 1 is 0.947 bits per heavy atom. The molecule has 2 aliphatic heterocycles. The first kappa shape index (κ1) is 14.6. The number of carboxylic acid groups (broad SMARTS) is 1. The summed E-state index contributed by atoms with van der Waals surface area (Å²) in [6.45, 7) is -0.0844. The van der Waals surface area contributed by atoms with Gasteiger partial charge < -0.3 is 5.11 Å². The van der Waals surface area contributed by atoms with Crippen LogP contribution in [0.1, 0.15) is 12.8 Å². The average molecular weight is 268 g/mol. The van der Waals surface area contributed by atoms with Gasteiger partial charge in [0.05, 0.1) is 0 Å². The van der Waals surface area contributed by atoms with Crippen molar-refractivity contribution >= 4 is 30.1 Å². The van der Waals surface area contributed by atoms with E-state index in [9.17, 15) is 19.2 Å². The monoisotopic (exact) mass is 268 g/mol. The summed E-state index contributed by atoms with van der Waals surface area (Å²) in [6.07, 6.45) is 2.80. The summed E-state index contributed by atoms with van der Waals surface area (Å²) in [5, 5.41) is 6.89. The lowest BCUT2D eigenvalue weighted by molar-refractivity contribution is -0.143. The van der Waals surface area contributed by atoms with E-state index in [1.54, 1.807) is 0 Å². The summed E-state index contributed by atoms with van der Waals surface area (Å²) in [5.74, 6) is -1.28. The van der Waals surface area contributed by atoms with Gasteiger partial charge in [0.15, 0.2) is 0 Å². The maximum atomic E-state index is 11.3. The SMILES string of the molecule is O=C1C=CC(=O)N1CCN1C(=O)CCC1=O.O=CO. The lowest BCUT2D eigenvalue weighted by Crippen LogP contribution is -2.40. The van der Waals surface area contributed by atoms with Gasteiger partial charge in [-0.2, -0.15) is 0 Å². The molecule has 0 aromatic rings. The van der Waals surface area contributed by atoms with Crippen molar-refractivity contribution in [3.05, 3.63) is 12.2 Å². The zero-order chi connectivity index (χ0) is 14.4. The molecule has 1 fully saturated rings. The van der Waals surface area contributed by atoms with Crippen molar-refractivity contribution in [1.82, 2.24) is 9.80 Å². The maximum Gasteiger partial charge on any atom is 0.290 e. The van der Waals surface area contributed by atoms with E-state index in [0.717, 1.165) is 9.80 Å². The second kappa shape index (κ2) is 6.43. The molecule has 4 amide bonds. The molecule has 0 radical (unpaired) electrons. The average Bonchev–Trinajstić information content (AvgIpc) is 2.84. The molecule has 2 rings (SSSR count). The van der Waals surface area contributed by atoms with Gasteiger partial charge in [-0.1, -0.05) is 0 Å². The minimum absolute atomic E-state index is 0.0716. The van der Waals surface area contributed by atoms with Gasteiger partial charge in [-0.3, -0.25) is 33.8 Å². The van der Waals surface area contributed by atoms with Crippen molar-refractivity contribution in [3.8, 4) is 0 Å². The molecule has 1 N–H and O–H groups in total. The number of nitrogens with zero attached hydrogens (tertiary/aromatic N) is 2. The van der Waals surface area contributed by atoms with Crippen LogP contribution in [0.2, 0.25) is 0 Å². The van der Waals surface area contributed by atoms with Gasteiger partial charge in [0.2, 0.25) is 11.8 Å². The van der Waals surface area contributed by atoms with E-state index < -0.39 is 11.8 Å². The summed E-state index contributed by atoms with van der Waals surface area (Å²) < 4.78 is 0. The quantitative estimate of drug-likeness (QED) is 0.506. The number of likely N-dealkylation sites (tertiary alicyclic amines) is 1. The molecule has 0 aromatic carbocycles. The molecule has 0 aromatic heterocycles. The van der Waals surface area contributed by atoms with Crippen LogP contribution in [0.15, 0.2) is 12.2 Å². The molecule has 2 aliphatic rings. The van der Waals surface area contributed by atoms with E-state index in [0.29, 0.717) is 0 Å². The van der Waals surface area contributed by atoms with E-state index in [-0.39, 0.29) is 44.2 Å². The first-order valence-electron chi connectivity index (χ1n) is 5.46. The molecule has 0 bridgehead atoms. The van der Waals surface area contributed by atoms with Gasteiger partial charge in [-0.25, -0.2) is 0 Å². The van der Waals surface area contributed by atoms with Gasteiger partial charge in [0.1, 0.15) is 0 Å². The Balaban J connectivity index is 0.000000550. The molecule has 8 heteroatoms. The minimum Gasteiger partial charge on any atom is -0.483 e. The molecule has 102 valence electrons. The van der Waals surface area contributed by atoms with Crippen LogP contribution in [0, 0.1) is 0 Å². The van der Waals surface area contributed by atoms with Crippen molar-refractivity contribution in [3.63, 3.8) is 0 Å². The molecular formula is C11H12N2O6. The maximum absolute atomic E-state index is 11.3. The minimum atomic E-state index is -0.399. The molecule has 0 aliphatic carbocycles. The number of carbonyl (C=O) groups excluding carboxylic acids is 4. The van der Waals surface area contributed by atoms with Crippen LogP contribution in [0.3, 0.4) is 0 Å². The summed E-state index contributed by atoms with van der Waals surface area (Å²) >= 11 is 0. The molecule has 8 nitrogen and oxygen atoms in total. The van der Waals surface area contributed by atoms with E-state index in [2.05, 4.69) is 0 Å². The normalized spacial score (nSPS) is 17.9. The Labute approximate surface area is 108 Å². The van der Waals surface area contributed by atoms with Crippen LogP contribution < -0.4 is 0 Å². The van der Waals surface area contributed by atoms with Gasteiger partial charge in [0.25, 0.3) is 18.3 Å². The summed E-state index contributed by atoms with van der Waals surface area (Å²) in [4.78, 5) is 55.3. The third-order valence-corrected chi connectivity index (χ3v) is 2.60. The molecule has 0 unspecified atom stereocenters. The molecule has 2 heterocycles. The second-order valence-electron chi connectivity index (χ2n) is 3.71. The molecular weight excluding hydrogens is 256 g/mol. The summed E-state index contributed by atoms with van der Waals surface area (Å²) in [6, 6.07) is 0. The molecule has 1 saturated heterocycles. The van der Waals surface area contributed by atoms with Crippen molar-refractivity contribution in [1.29, 1.82) is 0 Å². The molecule has 0 saturated carbocycles. The van der Waals surface area contributed by atoms with Crippen LogP contribution in [0.25, 0.3) is 0 Å². The van der Waals surface area contributed by atoms with Crippen molar-refractivity contribution in [2.75, 3.05) is 13.1 Å². The van der Waals surface area contributed by atoms with Crippen LogP contribution in [0.5, 0.6) is 0 Å². The third-order valence-electron chi connectivity index (χ3n) is 2.60. The van der Waals surface area contributed by atoms with E-state index >= 15 is 0 Å². The van der Waals surface area contributed by atoms with Gasteiger partial charge in [0, 0.05) is 38.1 Å². The second-order valence-corrected chi connectivity index (χ2v) is 3.71. The highest BCUT2D eigenvalue weighted by Gasteiger charge is 2.31. The Morgan fingerprint density at radius 3 is 1.74 bits per heavy atom. The highest BCUT2D eigenvalue weighted by Crippen LogP contribution is 2.12. The molecule has 19 heavy (non-hydrogen) atoms. The number of hydrogen-bond donors (Lipinski definition) is 1. The van der Waals surface area contributed by atoms with Gasteiger partial charge >= 0.3 is 0 Å². The number of hydrogen-bond acceptors (Lipinski definition) is 5. The topological polar surface area (TPSA) is 112 Å². The fourth-order valence-electron chi connectivity index (χ4n) is 1.72. The van der Waals surface area contributed by atoms with Gasteiger partial charge in [-0.05, 0) is 0 Å². The van der Waals surface area contributed by atoms with Crippen LogP contribution in [-0.2, 0) is 24.0 Å². The van der Waals surface area contributed by atoms with Crippen LogP contribution in [0.4, 0.5) is 0 Å². The Bertz CT molecular complexity index is 420. The van der Waals surface area contributed by atoms with Crippen molar-refractivity contribution in [2.24, 2.45) is 0 Å². The van der Waals surface area contributed by atoms with E-state index in [4.69, 9.17) is 9.90 Å². The number of imide groups is 2. The zero-order valence-electron chi connectivity index (χ0n) is 9.94. The fraction of sp³-hybridized carbons (Fsp3) is 0.364. The standard InChI is InChI=1S/C10H10N2O4.CH2O2/c13-7-1-2-8(14)11(7)5-6-12-9(15)3-4-10(12)16;2-1-3/h1-2H,3-6H2;1H,(H,2,3). The Hall–Kier alpha value is -2.51. The fourth-order valence-corrected chi connectivity index (χ4v) is 1.72. The van der Waals surface area contributed by atoms with Crippen LogP contribution >= 0.6 is 0 Å². The van der Waals surface area contributed by atoms with Crippen LogP contribution in [-0.4, -0.2) is 58.1 Å². The Morgan fingerprint density at radius 2 is 1.32 bits per heavy atom. The highest BCUT2D eigenvalue weighted by atomic mass is 16.3. The summed E-state index contributed by atoms with van der Waals surface area (Å²) in [5.41, 5.74) is 0. The predicted octanol–water partition coefficient (Wildman–Crippen LogP) is -1.24. The van der Waals surface area contributed by atoms with E-state index in [1.807, 2.05) is 0 Å². The predicted molar refractivity (Wildman–Crippen MR) is 60.5 cm³/mol. The smallest absolute Gasteiger partial charge is 0.290 e.